The molecule has 172 valence electrons. The molecule has 4 heterocycles. The van der Waals surface area contributed by atoms with Gasteiger partial charge < -0.3 is 15.0 Å². The molecule has 0 spiro atoms. The number of ether oxygens (including phenoxy) is 1. The first-order valence-corrected chi connectivity index (χ1v) is 12.0. The number of amides is 2. The smallest absolute Gasteiger partial charge is 0.226 e. The Labute approximate surface area is 188 Å². The predicted molar refractivity (Wildman–Crippen MR) is 119 cm³/mol. The highest BCUT2D eigenvalue weighted by molar-refractivity contribution is 5.81. The summed E-state index contributed by atoms with van der Waals surface area (Å²) in [5.74, 6) is 0.578. The van der Waals surface area contributed by atoms with Crippen LogP contribution in [0, 0.1) is 19.8 Å². The number of rotatable bonds is 6. The van der Waals surface area contributed by atoms with Gasteiger partial charge in [-0.05, 0) is 64.4 Å². The maximum Gasteiger partial charge on any atom is 0.226 e. The molecule has 2 saturated heterocycles. The van der Waals surface area contributed by atoms with Crippen LogP contribution >= 0.6 is 0 Å². The van der Waals surface area contributed by atoms with Crippen molar-refractivity contribution in [3.63, 3.8) is 0 Å². The Morgan fingerprint density at radius 1 is 1.19 bits per heavy atom. The molecule has 8 heteroatoms. The average molecular weight is 440 g/mol. The second-order valence-electron chi connectivity index (χ2n) is 9.55. The topological polar surface area (TPSA) is 88.8 Å². The molecule has 3 fully saturated rings. The minimum absolute atomic E-state index is 0.0523. The van der Waals surface area contributed by atoms with E-state index in [0.717, 1.165) is 80.0 Å². The Hall–Kier alpha value is -2.48. The fourth-order valence-electron chi connectivity index (χ4n) is 5.16. The third-order valence-electron chi connectivity index (χ3n) is 7.11. The molecule has 0 radical (unpaired) electrons. The second-order valence-corrected chi connectivity index (χ2v) is 9.55. The van der Waals surface area contributed by atoms with Gasteiger partial charge in [-0.15, -0.1) is 0 Å². The Balaban J connectivity index is 1.31. The van der Waals surface area contributed by atoms with Gasteiger partial charge in [0.2, 0.25) is 11.8 Å². The lowest BCUT2D eigenvalue weighted by atomic mass is 10.1. The van der Waals surface area contributed by atoms with Crippen LogP contribution in [0.4, 0.5) is 0 Å². The third-order valence-corrected chi connectivity index (χ3v) is 7.11. The zero-order valence-electron chi connectivity index (χ0n) is 19.1. The first-order chi connectivity index (χ1) is 15.5. The Morgan fingerprint density at radius 2 is 2.03 bits per heavy atom. The molecular weight excluding hydrogens is 406 g/mol. The third kappa shape index (κ3) is 4.25. The molecule has 3 aliphatic rings. The van der Waals surface area contributed by atoms with Gasteiger partial charge in [-0.2, -0.15) is 5.10 Å². The maximum absolute atomic E-state index is 12.7. The van der Waals surface area contributed by atoms with Crippen LogP contribution in [0.2, 0.25) is 0 Å². The van der Waals surface area contributed by atoms with Gasteiger partial charge in [0.05, 0.1) is 24.4 Å². The molecule has 0 bridgehead atoms. The molecule has 32 heavy (non-hydrogen) atoms. The molecule has 8 nitrogen and oxygen atoms in total. The summed E-state index contributed by atoms with van der Waals surface area (Å²) in [6.07, 6.45) is 7.06. The first kappa shape index (κ1) is 21.4. The first-order valence-electron chi connectivity index (χ1n) is 12.0. The highest BCUT2D eigenvalue weighted by atomic mass is 16.5. The fraction of sp³-hybridized carbons (Fsp3) is 0.667. The van der Waals surface area contributed by atoms with Crippen LogP contribution in [-0.2, 0) is 20.7 Å². The van der Waals surface area contributed by atoms with E-state index in [0.29, 0.717) is 25.4 Å². The van der Waals surface area contributed by atoms with Crippen molar-refractivity contribution in [2.24, 2.45) is 5.92 Å². The molecule has 2 amide bonds. The van der Waals surface area contributed by atoms with Gasteiger partial charge >= 0.3 is 0 Å². The molecule has 1 aliphatic carbocycles. The Morgan fingerprint density at radius 3 is 2.78 bits per heavy atom. The van der Waals surface area contributed by atoms with Crippen LogP contribution in [0.25, 0.3) is 5.65 Å². The molecular formula is C24H33N5O3. The van der Waals surface area contributed by atoms with Crippen LogP contribution < -0.4 is 5.32 Å². The van der Waals surface area contributed by atoms with Crippen LogP contribution in [-0.4, -0.2) is 57.1 Å². The Kier molecular flexibility index (Phi) is 5.88. The summed E-state index contributed by atoms with van der Waals surface area (Å²) >= 11 is 0. The number of nitrogens with zero attached hydrogens (tertiary/aromatic N) is 4. The largest absolute Gasteiger partial charge is 0.379 e. The van der Waals surface area contributed by atoms with E-state index in [4.69, 9.17) is 14.8 Å². The SMILES string of the molecule is Cc1nc2cc([C@@H]3CCCN3C(=O)C3CC3)nn2c(C)c1CCC(=O)N[C@@H]1CCCOC1. The van der Waals surface area contributed by atoms with Crippen molar-refractivity contribution >= 4 is 17.5 Å². The van der Waals surface area contributed by atoms with Gasteiger partial charge in [0.1, 0.15) is 0 Å². The fourth-order valence-corrected chi connectivity index (χ4v) is 5.16. The highest BCUT2D eigenvalue weighted by Gasteiger charge is 2.39. The predicted octanol–water partition coefficient (Wildman–Crippen LogP) is 2.65. The monoisotopic (exact) mass is 439 g/mol. The number of likely N-dealkylation sites (tertiary alicyclic amines) is 1. The summed E-state index contributed by atoms with van der Waals surface area (Å²) in [7, 11) is 0. The summed E-state index contributed by atoms with van der Waals surface area (Å²) in [6, 6.07) is 2.21. The number of hydrogen-bond acceptors (Lipinski definition) is 5. The van der Waals surface area contributed by atoms with Crippen LogP contribution in [0.15, 0.2) is 6.07 Å². The number of fused-ring (bicyclic) bond motifs is 1. The maximum atomic E-state index is 12.7. The lowest BCUT2D eigenvalue weighted by molar-refractivity contribution is -0.133. The van der Waals surface area contributed by atoms with Crippen molar-refractivity contribution in [1.82, 2.24) is 24.8 Å². The zero-order valence-corrected chi connectivity index (χ0v) is 19.1. The number of aromatic nitrogens is 3. The van der Waals surface area contributed by atoms with Gasteiger partial charge in [-0.25, -0.2) is 9.50 Å². The lowest BCUT2D eigenvalue weighted by Gasteiger charge is -2.23. The van der Waals surface area contributed by atoms with E-state index in [1.807, 2.05) is 29.3 Å². The minimum atomic E-state index is 0.0523. The number of carbonyl (C=O) groups is 2. The zero-order chi connectivity index (χ0) is 22.2. The number of aryl methyl sites for hydroxylation is 2. The number of hydrogen-bond donors (Lipinski definition) is 1. The standard InChI is InChI=1S/C24H33N5O3/c1-15-19(9-10-23(30)26-18-5-4-12-32-14-18)16(2)29-22(25-15)13-20(27-29)21-6-3-11-28(21)24(31)17-7-8-17/h13,17-18,21H,3-12,14H2,1-2H3,(H,26,30)/t18-,21+/m1/s1. The van der Waals surface area contributed by atoms with Gasteiger partial charge in [-0.3, -0.25) is 9.59 Å². The van der Waals surface area contributed by atoms with E-state index in [-0.39, 0.29) is 23.9 Å². The van der Waals surface area contributed by atoms with Crippen molar-refractivity contribution in [2.45, 2.75) is 77.3 Å². The van der Waals surface area contributed by atoms with Crippen LogP contribution in [0.3, 0.4) is 0 Å². The average Bonchev–Trinajstić information content (AvgIpc) is 3.36. The molecule has 0 aromatic carbocycles. The number of carbonyl (C=O) groups excluding carboxylic acids is 2. The molecule has 2 aromatic heterocycles. The van der Waals surface area contributed by atoms with Crippen molar-refractivity contribution in [2.75, 3.05) is 19.8 Å². The molecule has 2 aliphatic heterocycles. The van der Waals surface area contributed by atoms with Crippen LogP contribution in [0.1, 0.15) is 73.6 Å². The highest BCUT2D eigenvalue weighted by Crippen LogP contribution is 2.38. The molecule has 5 rings (SSSR count). The molecule has 2 atom stereocenters. The van der Waals surface area contributed by atoms with Gasteiger partial charge in [0.25, 0.3) is 0 Å². The lowest BCUT2D eigenvalue weighted by Crippen LogP contribution is -2.40. The van der Waals surface area contributed by atoms with E-state index < -0.39 is 0 Å². The summed E-state index contributed by atoms with van der Waals surface area (Å²) < 4.78 is 7.35. The summed E-state index contributed by atoms with van der Waals surface area (Å²) in [5.41, 5.74) is 4.77. The van der Waals surface area contributed by atoms with E-state index in [1.54, 1.807) is 0 Å². The normalized spacial score (nSPS) is 23.6. The van der Waals surface area contributed by atoms with E-state index in [1.165, 1.54) is 0 Å². The van der Waals surface area contributed by atoms with Crippen molar-refractivity contribution in [3.05, 3.63) is 28.7 Å². The van der Waals surface area contributed by atoms with Crippen LogP contribution in [0.5, 0.6) is 0 Å². The van der Waals surface area contributed by atoms with E-state index in [2.05, 4.69) is 5.32 Å². The van der Waals surface area contributed by atoms with Gasteiger partial charge in [0.15, 0.2) is 5.65 Å². The van der Waals surface area contributed by atoms with Gasteiger partial charge in [0, 0.05) is 42.9 Å². The van der Waals surface area contributed by atoms with Gasteiger partial charge in [-0.1, -0.05) is 0 Å². The van der Waals surface area contributed by atoms with Crippen molar-refractivity contribution in [3.8, 4) is 0 Å². The molecule has 1 saturated carbocycles. The van der Waals surface area contributed by atoms with Crippen molar-refractivity contribution in [1.29, 1.82) is 0 Å². The minimum Gasteiger partial charge on any atom is -0.379 e. The summed E-state index contributed by atoms with van der Waals surface area (Å²) in [5, 5.41) is 7.96. The molecule has 0 unspecified atom stereocenters. The molecule has 2 aromatic rings. The molecule has 1 N–H and O–H groups in total. The Bertz CT molecular complexity index is 1020. The van der Waals surface area contributed by atoms with E-state index >= 15 is 0 Å². The summed E-state index contributed by atoms with van der Waals surface area (Å²) in [4.78, 5) is 32.0. The van der Waals surface area contributed by atoms with Crippen molar-refractivity contribution < 1.29 is 14.3 Å². The summed E-state index contributed by atoms with van der Waals surface area (Å²) in [6.45, 7) is 6.26. The number of nitrogens with one attached hydrogen (secondary N) is 1. The second kappa shape index (κ2) is 8.81. The van der Waals surface area contributed by atoms with E-state index in [9.17, 15) is 9.59 Å². The quantitative estimate of drug-likeness (QED) is 0.748.